The van der Waals surface area contributed by atoms with Gasteiger partial charge < -0.3 is 5.11 Å². The van der Waals surface area contributed by atoms with E-state index in [1.165, 1.54) is 0 Å². The number of para-hydroxylation sites is 1. The van der Waals surface area contributed by atoms with Crippen molar-refractivity contribution in [2.24, 2.45) is 0 Å². The standard InChI is InChI=1S/C14H14F3NO/c15-14(16,17)7-5-11(19)9-10-6-8-18-13-4-2-1-3-12(10)13/h1-4,6,8,11,19H,5,7,9H2. The molecule has 0 radical (unpaired) electrons. The van der Waals surface area contributed by atoms with Crippen LogP contribution in [-0.2, 0) is 6.42 Å². The second kappa shape index (κ2) is 5.57. The number of aliphatic hydroxyl groups excluding tert-OH is 1. The number of pyridine rings is 1. The first kappa shape index (κ1) is 13.8. The van der Waals surface area contributed by atoms with E-state index in [2.05, 4.69) is 4.98 Å². The summed E-state index contributed by atoms with van der Waals surface area (Å²) in [5.74, 6) is 0. The molecule has 2 nitrogen and oxygen atoms in total. The number of halogens is 3. The van der Waals surface area contributed by atoms with E-state index in [0.29, 0.717) is 0 Å². The van der Waals surface area contributed by atoms with Crippen LogP contribution in [0.5, 0.6) is 0 Å². The summed E-state index contributed by atoms with van der Waals surface area (Å²) in [5, 5.41) is 10.6. The quantitative estimate of drug-likeness (QED) is 0.921. The number of rotatable bonds is 4. The summed E-state index contributed by atoms with van der Waals surface area (Å²) in [4.78, 5) is 4.17. The van der Waals surface area contributed by atoms with E-state index in [4.69, 9.17) is 0 Å². The van der Waals surface area contributed by atoms with Gasteiger partial charge in [-0.1, -0.05) is 18.2 Å². The molecule has 0 spiro atoms. The van der Waals surface area contributed by atoms with E-state index >= 15 is 0 Å². The van der Waals surface area contributed by atoms with E-state index in [1.807, 2.05) is 24.3 Å². The molecule has 5 heteroatoms. The monoisotopic (exact) mass is 269 g/mol. The van der Waals surface area contributed by atoms with Crippen molar-refractivity contribution in [2.75, 3.05) is 0 Å². The van der Waals surface area contributed by atoms with Gasteiger partial charge in [0.05, 0.1) is 11.6 Å². The Kier molecular flexibility index (Phi) is 4.04. The Hall–Kier alpha value is -1.62. The SMILES string of the molecule is OC(CCC(F)(F)F)Cc1ccnc2ccccc12. The molecule has 0 aliphatic carbocycles. The van der Waals surface area contributed by atoms with Crippen molar-refractivity contribution in [3.8, 4) is 0 Å². The van der Waals surface area contributed by atoms with Crippen molar-refractivity contribution in [1.82, 2.24) is 4.98 Å². The van der Waals surface area contributed by atoms with Crippen LogP contribution in [0.1, 0.15) is 18.4 Å². The Morgan fingerprint density at radius 3 is 2.63 bits per heavy atom. The summed E-state index contributed by atoms with van der Waals surface area (Å²) in [6.45, 7) is 0. The summed E-state index contributed by atoms with van der Waals surface area (Å²) in [7, 11) is 0. The Labute approximate surface area is 108 Å². The van der Waals surface area contributed by atoms with E-state index in [0.717, 1.165) is 16.5 Å². The van der Waals surface area contributed by atoms with Gasteiger partial charge >= 0.3 is 6.18 Å². The van der Waals surface area contributed by atoms with E-state index < -0.39 is 18.7 Å². The molecule has 19 heavy (non-hydrogen) atoms. The van der Waals surface area contributed by atoms with E-state index in [-0.39, 0.29) is 12.8 Å². The first-order chi connectivity index (χ1) is 8.96. The molecule has 0 fully saturated rings. The average Bonchev–Trinajstić information content (AvgIpc) is 2.36. The summed E-state index contributed by atoms with van der Waals surface area (Å²) in [6, 6.07) is 9.11. The third kappa shape index (κ3) is 3.92. The minimum atomic E-state index is -4.22. The predicted molar refractivity (Wildman–Crippen MR) is 66.7 cm³/mol. The first-order valence-electron chi connectivity index (χ1n) is 6.03. The minimum absolute atomic E-state index is 0.207. The van der Waals surface area contributed by atoms with Crippen molar-refractivity contribution in [1.29, 1.82) is 0 Å². The number of hydrogen-bond acceptors (Lipinski definition) is 2. The zero-order chi connectivity index (χ0) is 13.9. The molecule has 102 valence electrons. The molecule has 1 aromatic heterocycles. The number of aromatic nitrogens is 1. The number of aliphatic hydroxyl groups is 1. The molecule has 0 saturated carbocycles. The van der Waals surface area contributed by atoms with Crippen molar-refractivity contribution in [3.05, 3.63) is 42.1 Å². The van der Waals surface area contributed by atoms with Gasteiger partial charge in [-0.05, 0) is 30.5 Å². The minimum Gasteiger partial charge on any atom is -0.393 e. The Bertz CT molecular complexity index is 548. The van der Waals surface area contributed by atoms with Gasteiger partial charge in [0, 0.05) is 18.0 Å². The summed E-state index contributed by atoms with van der Waals surface area (Å²) < 4.78 is 36.3. The van der Waals surface area contributed by atoms with Crippen molar-refractivity contribution in [3.63, 3.8) is 0 Å². The lowest BCUT2D eigenvalue weighted by Gasteiger charge is -2.13. The van der Waals surface area contributed by atoms with Crippen LogP contribution in [0.25, 0.3) is 10.9 Å². The molecular formula is C14H14F3NO. The molecule has 1 atom stereocenters. The molecule has 1 aromatic carbocycles. The topological polar surface area (TPSA) is 33.1 Å². The van der Waals surface area contributed by atoms with Gasteiger partial charge in [0.15, 0.2) is 0 Å². The second-order valence-corrected chi connectivity index (χ2v) is 4.50. The smallest absolute Gasteiger partial charge is 0.389 e. The number of alkyl halides is 3. The molecule has 0 amide bonds. The molecule has 1 N–H and O–H groups in total. The molecule has 0 bridgehead atoms. The summed E-state index contributed by atoms with van der Waals surface area (Å²) in [6.07, 6.45) is -4.64. The molecule has 0 aliphatic rings. The number of hydrogen-bond donors (Lipinski definition) is 1. The second-order valence-electron chi connectivity index (χ2n) is 4.50. The van der Waals surface area contributed by atoms with Crippen LogP contribution >= 0.6 is 0 Å². The molecular weight excluding hydrogens is 255 g/mol. The lowest BCUT2D eigenvalue weighted by Crippen LogP contribution is -2.16. The summed E-state index contributed by atoms with van der Waals surface area (Å²) >= 11 is 0. The van der Waals surface area contributed by atoms with Crippen LogP contribution in [0, 0.1) is 0 Å². The van der Waals surface area contributed by atoms with Crippen LogP contribution in [0.3, 0.4) is 0 Å². The van der Waals surface area contributed by atoms with Crippen LogP contribution in [0.4, 0.5) is 13.2 Å². The average molecular weight is 269 g/mol. The van der Waals surface area contributed by atoms with Crippen LogP contribution in [0.15, 0.2) is 36.5 Å². The normalized spacial score (nSPS) is 13.7. The fourth-order valence-corrected chi connectivity index (χ4v) is 2.02. The van der Waals surface area contributed by atoms with Gasteiger partial charge in [0.2, 0.25) is 0 Å². The molecule has 2 aromatic rings. The van der Waals surface area contributed by atoms with E-state index in [9.17, 15) is 18.3 Å². The third-order valence-corrected chi connectivity index (χ3v) is 2.96. The van der Waals surface area contributed by atoms with E-state index in [1.54, 1.807) is 12.3 Å². The largest absolute Gasteiger partial charge is 0.393 e. The number of fused-ring (bicyclic) bond motifs is 1. The van der Waals surface area contributed by atoms with Crippen molar-refractivity contribution in [2.45, 2.75) is 31.5 Å². The Morgan fingerprint density at radius 1 is 1.16 bits per heavy atom. The lowest BCUT2D eigenvalue weighted by atomic mass is 10.0. The molecule has 2 rings (SSSR count). The number of benzene rings is 1. The maximum Gasteiger partial charge on any atom is 0.389 e. The van der Waals surface area contributed by atoms with Gasteiger partial charge in [0.1, 0.15) is 0 Å². The Balaban J connectivity index is 2.09. The van der Waals surface area contributed by atoms with Crippen molar-refractivity contribution >= 4 is 10.9 Å². The molecule has 0 aliphatic heterocycles. The maximum absolute atomic E-state index is 12.1. The van der Waals surface area contributed by atoms with Gasteiger partial charge in [-0.15, -0.1) is 0 Å². The zero-order valence-corrected chi connectivity index (χ0v) is 10.2. The fourth-order valence-electron chi connectivity index (χ4n) is 2.02. The third-order valence-electron chi connectivity index (χ3n) is 2.96. The Morgan fingerprint density at radius 2 is 1.89 bits per heavy atom. The highest BCUT2D eigenvalue weighted by Gasteiger charge is 2.27. The van der Waals surface area contributed by atoms with Crippen LogP contribution in [-0.4, -0.2) is 22.4 Å². The molecule has 0 saturated heterocycles. The molecule has 1 heterocycles. The highest BCUT2D eigenvalue weighted by atomic mass is 19.4. The highest BCUT2D eigenvalue weighted by Crippen LogP contribution is 2.24. The first-order valence-corrected chi connectivity index (χ1v) is 6.03. The zero-order valence-electron chi connectivity index (χ0n) is 10.2. The predicted octanol–water partition coefficient (Wildman–Crippen LogP) is 3.48. The van der Waals surface area contributed by atoms with Gasteiger partial charge in [-0.25, -0.2) is 0 Å². The van der Waals surface area contributed by atoms with Crippen LogP contribution < -0.4 is 0 Å². The van der Waals surface area contributed by atoms with Gasteiger partial charge in [-0.2, -0.15) is 13.2 Å². The van der Waals surface area contributed by atoms with Crippen LogP contribution in [0.2, 0.25) is 0 Å². The summed E-state index contributed by atoms with van der Waals surface area (Å²) in [5.41, 5.74) is 1.60. The maximum atomic E-state index is 12.1. The number of nitrogens with zero attached hydrogens (tertiary/aromatic N) is 1. The van der Waals surface area contributed by atoms with Crippen molar-refractivity contribution < 1.29 is 18.3 Å². The fraction of sp³-hybridized carbons (Fsp3) is 0.357. The highest BCUT2D eigenvalue weighted by molar-refractivity contribution is 5.81. The molecule has 1 unspecified atom stereocenters. The lowest BCUT2D eigenvalue weighted by molar-refractivity contribution is -0.139. The van der Waals surface area contributed by atoms with Gasteiger partial charge in [-0.3, -0.25) is 4.98 Å². The van der Waals surface area contributed by atoms with Gasteiger partial charge in [0.25, 0.3) is 0 Å².